The van der Waals surface area contributed by atoms with E-state index in [1.165, 1.54) is 14.2 Å². The molecule has 1 aliphatic rings. The van der Waals surface area contributed by atoms with Gasteiger partial charge in [-0.3, -0.25) is 0 Å². The van der Waals surface area contributed by atoms with E-state index in [1.807, 2.05) is 0 Å². The van der Waals surface area contributed by atoms with Crippen molar-refractivity contribution >= 4 is 17.6 Å². The fourth-order valence-corrected chi connectivity index (χ4v) is 2.27. The standard InChI is InChI=1S/C19H17NO7/c1-23-18(21)10-15(19(22)24-2)20-12-3-5-13(6-4-12)27-14-7-8-16-17(9-14)26-11-25-16/h3-10,20H,11H2,1-2H3/b15-10+. The molecule has 0 saturated carbocycles. The van der Waals surface area contributed by atoms with Crippen molar-refractivity contribution in [2.75, 3.05) is 26.3 Å². The van der Waals surface area contributed by atoms with Crippen molar-refractivity contribution in [2.24, 2.45) is 0 Å². The average Bonchev–Trinajstić information content (AvgIpc) is 3.16. The summed E-state index contributed by atoms with van der Waals surface area (Å²) in [6.45, 7) is 0.195. The lowest BCUT2D eigenvalue weighted by molar-refractivity contribution is -0.138. The lowest BCUT2D eigenvalue weighted by Crippen LogP contribution is -2.15. The molecule has 27 heavy (non-hydrogen) atoms. The molecule has 3 rings (SSSR count). The van der Waals surface area contributed by atoms with E-state index in [-0.39, 0.29) is 12.5 Å². The van der Waals surface area contributed by atoms with Gasteiger partial charge in [-0.1, -0.05) is 0 Å². The first-order valence-electron chi connectivity index (χ1n) is 7.91. The summed E-state index contributed by atoms with van der Waals surface area (Å²) in [5, 5.41) is 2.81. The van der Waals surface area contributed by atoms with E-state index < -0.39 is 11.9 Å². The summed E-state index contributed by atoms with van der Waals surface area (Å²) in [6.07, 6.45) is 1.02. The van der Waals surface area contributed by atoms with Gasteiger partial charge in [0.15, 0.2) is 11.5 Å². The number of rotatable bonds is 6. The van der Waals surface area contributed by atoms with Gasteiger partial charge in [0.05, 0.1) is 20.3 Å². The lowest BCUT2D eigenvalue weighted by Gasteiger charge is -2.10. The Bertz CT molecular complexity index is 874. The minimum absolute atomic E-state index is 0.0474. The minimum Gasteiger partial charge on any atom is -0.466 e. The number of nitrogens with one attached hydrogen (secondary N) is 1. The predicted octanol–water partition coefficient (Wildman–Crippen LogP) is 2.85. The molecule has 8 nitrogen and oxygen atoms in total. The van der Waals surface area contributed by atoms with Gasteiger partial charge in [0, 0.05) is 11.8 Å². The summed E-state index contributed by atoms with van der Waals surface area (Å²) < 4.78 is 25.5. The Labute approximate surface area is 155 Å². The van der Waals surface area contributed by atoms with Gasteiger partial charge >= 0.3 is 11.9 Å². The molecule has 0 aliphatic carbocycles. The maximum Gasteiger partial charge on any atom is 0.354 e. The summed E-state index contributed by atoms with van der Waals surface area (Å²) in [4.78, 5) is 23.1. The first-order chi connectivity index (χ1) is 13.1. The number of carbonyl (C=O) groups is 2. The number of fused-ring (bicyclic) bond motifs is 1. The van der Waals surface area contributed by atoms with E-state index in [9.17, 15) is 9.59 Å². The molecule has 1 N–H and O–H groups in total. The molecule has 2 aromatic carbocycles. The molecule has 0 amide bonds. The lowest BCUT2D eigenvalue weighted by atomic mass is 10.2. The third-order valence-electron chi connectivity index (χ3n) is 3.58. The topological polar surface area (TPSA) is 92.3 Å². The van der Waals surface area contributed by atoms with Crippen molar-refractivity contribution in [1.29, 1.82) is 0 Å². The van der Waals surface area contributed by atoms with Crippen molar-refractivity contribution < 1.29 is 33.3 Å². The summed E-state index contributed by atoms with van der Waals surface area (Å²) in [5.74, 6) is 1.11. The number of benzene rings is 2. The summed E-state index contributed by atoms with van der Waals surface area (Å²) in [7, 11) is 2.44. The van der Waals surface area contributed by atoms with Gasteiger partial charge in [0.2, 0.25) is 6.79 Å². The van der Waals surface area contributed by atoms with Gasteiger partial charge in [0.25, 0.3) is 0 Å². The van der Waals surface area contributed by atoms with Gasteiger partial charge in [-0.2, -0.15) is 0 Å². The van der Waals surface area contributed by atoms with Crippen LogP contribution in [-0.2, 0) is 19.1 Å². The third kappa shape index (κ3) is 4.49. The minimum atomic E-state index is -0.693. The zero-order chi connectivity index (χ0) is 19.2. The predicted molar refractivity (Wildman–Crippen MR) is 94.8 cm³/mol. The van der Waals surface area contributed by atoms with E-state index in [2.05, 4.69) is 14.8 Å². The monoisotopic (exact) mass is 371 g/mol. The zero-order valence-electron chi connectivity index (χ0n) is 14.7. The van der Waals surface area contributed by atoms with Gasteiger partial charge in [0.1, 0.15) is 17.2 Å². The van der Waals surface area contributed by atoms with E-state index in [1.54, 1.807) is 42.5 Å². The van der Waals surface area contributed by atoms with E-state index in [0.29, 0.717) is 28.7 Å². The van der Waals surface area contributed by atoms with Crippen LogP contribution in [0.3, 0.4) is 0 Å². The van der Waals surface area contributed by atoms with Crippen LogP contribution in [0.5, 0.6) is 23.0 Å². The van der Waals surface area contributed by atoms with E-state index in [0.717, 1.165) is 6.08 Å². The van der Waals surface area contributed by atoms with Gasteiger partial charge in [-0.05, 0) is 36.4 Å². The second kappa shape index (κ2) is 8.13. The molecule has 0 saturated heterocycles. The summed E-state index contributed by atoms with van der Waals surface area (Å²) in [6, 6.07) is 12.1. The number of carbonyl (C=O) groups excluding carboxylic acids is 2. The molecule has 1 heterocycles. The van der Waals surface area contributed by atoms with Gasteiger partial charge < -0.3 is 29.0 Å². The van der Waals surface area contributed by atoms with Gasteiger partial charge in [-0.25, -0.2) is 9.59 Å². The highest BCUT2D eigenvalue weighted by Crippen LogP contribution is 2.36. The normalized spacial score (nSPS) is 12.3. The van der Waals surface area contributed by atoms with Crippen LogP contribution >= 0.6 is 0 Å². The molecule has 0 bridgehead atoms. The number of esters is 2. The molecule has 0 unspecified atom stereocenters. The fourth-order valence-electron chi connectivity index (χ4n) is 2.27. The Morgan fingerprint density at radius 3 is 2.37 bits per heavy atom. The van der Waals surface area contributed by atoms with Crippen LogP contribution < -0.4 is 19.5 Å². The summed E-state index contributed by atoms with van der Waals surface area (Å²) in [5.41, 5.74) is 0.516. The molecule has 140 valence electrons. The molecule has 8 heteroatoms. The second-order valence-corrected chi connectivity index (χ2v) is 5.34. The maximum atomic E-state index is 11.8. The van der Waals surface area contributed by atoms with Crippen molar-refractivity contribution in [3.05, 3.63) is 54.2 Å². The average molecular weight is 371 g/mol. The highest BCUT2D eigenvalue weighted by molar-refractivity contribution is 5.98. The second-order valence-electron chi connectivity index (χ2n) is 5.34. The Balaban J connectivity index is 1.70. The number of methoxy groups -OCH3 is 2. The molecule has 2 aromatic rings. The van der Waals surface area contributed by atoms with Crippen LogP contribution in [0.15, 0.2) is 54.2 Å². The number of hydrogen-bond donors (Lipinski definition) is 1. The fraction of sp³-hybridized carbons (Fsp3) is 0.158. The summed E-state index contributed by atoms with van der Waals surface area (Å²) >= 11 is 0. The van der Waals surface area contributed by atoms with Crippen LogP contribution in [0.2, 0.25) is 0 Å². The Morgan fingerprint density at radius 2 is 1.67 bits per heavy atom. The van der Waals surface area contributed by atoms with Crippen LogP contribution in [-0.4, -0.2) is 33.0 Å². The largest absolute Gasteiger partial charge is 0.466 e. The first-order valence-corrected chi connectivity index (χ1v) is 7.91. The molecule has 0 radical (unpaired) electrons. The Morgan fingerprint density at radius 1 is 0.963 bits per heavy atom. The zero-order valence-corrected chi connectivity index (χ0v) is 14.7. The van der Waals surface area contributed by atoms with Gasteiger partial charge in [-0.15, -0.1) is 0 Å². The van der Waals surface area contributed by atoms with E-state index in [4.69, 9.17) is 14.2 Å². The van der Waals surface area contributed by atoms with Crippen molar-refractivity contribution in [1.82, 2.24) is 0 Å². The number of anilines is 1. The quantitative estimate of drug-likeness (QED) is 0.612. The molecule has 0 spiro atoms. The van der Waals surface area contributed by atoms with Crippen LogP contribution in [0.25, 0.3) is 0 Å². The van der Waals surface area contributed by atoms with Crippen molar-refractivity contribution in [3.63, 3.8) is 0 Å². The Kier molecular flexibility index (Phi) is 5.46. The van der Waals surface area contributed by atoms with Crippen molar-refractivity contribution in [3.8, 4) is 23.0 Å². The number of hydrogen-bond acceptors (Lipinski definition) is 8. The molecule has 1 aliphatic heterocycles. The SMILES string of the molecule is COC(=O)/C=C(/Nc1ccc(Oc2ccc3c(c2)OCO3)cc1)C(=O)OC. The maximum absolute atomic E-state index is 11.8. The highest BCUT2D eigenvalue weighted by atomic mass is 16.7. The molecule has 0 fully saturated rings. The van der Waals surface area contributed by atoms with Crippen molar-refractivity contribution in [2.45, 2.75) is 0 Å². The van der Waals surface area contributed by atoms with Crippen LogP contribution in [0, 0.1) is 0 Å². The number of ether oxygens (including phenoxy) is 5. The highest BCUT2D eigenvalue weighted by Gasteiger charge is 2.15. The Hall–Kier alpha value is -3.68. The van der Waals surface area contributed by atoms with E-state index >= 15 is 0 Å². The van der Waals surface area contributed by atoms with Crippen LogP contribution in [0.1, 0.15) is 0 Å². The molecular weight excluding hydrogens is 354 g/mol. The van der Waals surface area contributed by atoms with Crippen LogP contribution in [0.4, 0.5) is 5.69 Å². The molecule has 0 atom stereocenters. The third-order valence-corrected chi connectivity index (χ3v) is 3.58. The molecule has 0 aromatic heterocycles. The first kappa shape index (κ1) is 18.1. The molecular formula is C19H17NO7. The smallest absolute Gasteiger partial charge is 0.354 e.